The van der Waals surface area contributed by atoms with Gasteiger partial charge in [-0.25, -0.2) is 0 Å². The maximum Gasteiger partial charge on any atom is 0.0561 e. The maximum atomic E-state index is 2.69. The van der Waals surface area contributed by atoms with Crippen molar-refractivity contribution in [3.63, 3.8) is 0 Å². The lowest BCUT2D eigenvalue weighted by molar-refractivity contribution is 0.589. The average molecular weight is 1170 g/mol. The Morgan fingerprint density at radius 3 is 1.12 bits per heavy atom. The van der Waals surface area contributed by atoms with Gasteiger partial charge in [-0.1, -0.05) is 191 Å². The second-order valence-electron chi connectivity index (χ2n) is 29.0. The summed E-state index contributed by atoms with van der Waals surface area (Å²) in [6.45, 7) is 23.5. The van der Waals surface area contributed by atoms with Crippen molar-refractivity contribution in [2.75, 3.05) is 9.80 Å². The van der Waals surface area contributed by atoms with E-state index in [9.17, 15) is 0 Å². The van der Waals surface area contributed by atoms with Crippen molar-refractivity contribution in [3.8, 4) is 11.4 Å². The third kappa shape index (κ3) is 8.98. The Labute approximate surface area is 531 Å². The Bertz CT molecular complexity index is 4860. The summed E-state index contributed by atoms with van der Waals surface area (Å²) in [5, 5.41) is 13.0. The highest BCUT2D eigenvalue weighted by Gasteiger charge is 2.31. The molecule has 2 heterocycles. The number of hydrogen-bond acceptors (Lipinski definition) is 2. The number of fused-ring (bicyclic) bond motifs is 8. The van der Waals surface area contributed by atoms with Gasteiger partial charge in [0.1, 0.15) is 0 Å². The van der Waals surface area contributed by atoms with Gasteiger partial charge in [0.2, 0.25) is 0 Å². The minimum absolute atomic E-state index is 0.00144. The van der Waals surface area contributed by atoms with Gasteiger partial charge < -0.3 is 18.9 Å². The van der Waals surface area contributed by atoms with Gasteiger partial charge in [-0.05, 0) is 225 Å². The van der Waals surface area contributed by atoms with Gasteiger partial charge in [0.25, 0.3) is 0 Å². The van der Waals surface area contributed by atoms with Crippen molar-refractivity contribution >= 4 is 110 Å². The van der Waals surface area contributed by atoms with E-state index >= 15 is 0 Å². The van der Waals surface area contributed by atoms with Crippen LogP contribution in [0.15, 0.2) is 206 Å². The molecule has 0 unspecified atom stereocenters. The van der Waals surface area contributed by atoms with Gasteiger partial charge in [0, 0.05) is 66.4 Å². The zero-order valence-corrected chi connectivity index (χ0v) is 54.2. The summed E-state index contributed by atoms with van der Waals surface area (Å²) in [4.78, 5) is 5.38. The lowest BCUT2D eigenvalue weighted by atomic mass is 9.83. The number of anilines is 6. The molecule has 0 atom stereocenters. The molecule has 0 saturated heterocycles. The molecule has 0 amide bonds. The minimum atomic E-state index is -0.00144. The number of benzene rings is 12. The normalized spacial score (nSPS) is 14.0. The van der Waals surface area contributed by atoms with E-state index in [1.165, 1.54) is 192 Å². The predicted octanol–water partition coefficient (Wildman–Crippen LogP) is 24.3. The van der Waals surface area contributed by atoms with Crippen LogP contribution in [0.5, 0.6) is 0 Å². The summed E-state index contributed by atoms with van der Waals surface area (Å²) in [5.41, 5.74) is 25.9. The molecule has 0 radical (unpaired) electrons. The Morgan fingerprint density at radius 1 is 0.322 bits per heavy atom. The van der Waals surface area contributed by atoms with E-state index in [-0.39, 0.29) is 22.7 Å². The lowest BCUT2D eigenvalue weighted by Crippen LogP contribution is -2.17. The molecule has 16 rings (SSSR count). The fourth-order valence-corrected chi connectivity index (χ4v) is 16.1. The van der Waals surface area contributed by atoms with E-state index < -0.39 is 0 Å². The minimum Gasteiger partial charge on any atom is -0.309 e. The molecule has 4 nitrogen and oxygen atoms in total. The Morgan fingerprint density at radius 2 is 0.700 bits per heavy atom. The van der Waals surface area contributed by atoms with Crippen molar-refractivity contribution in [1.29, 1.82) is 0 Å². The smallest absolute Gasteiger partial charge is 0.0561 e. The van der Waals surface area contributed by atoms with E-state index in [0.717, 1.165) is 25.7 Å². The van der Waals surface area contributed by atoms with Crippen LogP contribution in [0.4, 0.5) is 34.1 Å². The SMILES string of the molecule is CC(C)c1cc(N(c2ccc3c4ccccc4n(-c4cccc(C(C)(C)C)c4)c3c2)c2cccc3c2CCCC3)c2ccc3c(C(C)C)cc(N(c4ccc5c6ccccc6n(-c6cccc(C(C)(C)C)c6)c5c4)c4cccc5c4CCCC5)c4ccc1c2c34. The van der Waals surface area contributed by atoms with Crippen molar-refractivity contribution < 1.29 is 0 Å². The van der Waals surface area contributed by atoms with Crippen LogP contribution in [0.3, 0.4) is 0 Å². The number of rotatable bonds is 10. The van der Waals surface area contributed by atoms with E-state index in [1.54, 1.807) is 0 Å². The molecule has 2 aliphatic rings. The molecule has 14 aromatic rings. The fourth-order valence-electron chi connectivity index (χ4n) is 16.1. The highest BCUT2D eigenvalue weighted by atomic mass is 15.2. The van der Waals surface area contributed by atoms with Gasteiger partial charge in [-0.15, -0.1) is 0 Å². The van der Waals surface area contributed by atoms with Crippen LogP contribution < -0.4 is 9.80 Å². The first-order valence-electron chi connectivity index (χ1n) is 33.5. The summed E-state index contributed by atoms with van der Waals surface area (Å²) in [6.07, 6.45) is 9.14. The summed E-state index contributed by atoms with van der Waals surface area (Å²) < 4.78 is 5.05. The zero-order valence-electron chi connectivity index (χ0n) is 54.2. The molecule has 446 valence electrons. The number of aromatic nitrogens is 2. The van der Waals surface area contributed by atoms with Crippen molar-refractivity contribution in [3.05, 3.63) is 251 Å². The molecule has 0 N–H and O–H groups in total. The molecule has 2 aliphatic carbocycles. The van der Waals surface area contributed by atoms with Crippen LogP contribution in [0.1, 0.15) is 151 Å². The summed E-state index contributed by atoms with van der Waals surface area (Å²) in [7, 11) is 0. The second kappa shape index (κ2) is 21.3. The van der Waals surface area contributed by atoms with Crippen LogP contribution in [0.2, 0.25) is 0 Å². The van der Waals surface area contributed by atoms with Crippen LogP contribution in [0, 0.1) is 0 Å². The number of aryl methyl sites for hydroxylation is 2. The third-order valence-corrected chi connectivity index (χ3v) is 20.6. The predicted molar refractivity (Wildman–Crippen MR) is 387 cm³/mol. The summed E-state index contributed by atoms with van der Waals surface area (Å²) in [5.74, 6) is 0.498. The number of para-hydroxylation sites is 2. The van der Waals surface area contributed by atoms with Gasteiger partial charge >= 0.3 is 0 Å². The van der Waals surface area contributed by atoms with Crippen molar-refractivity contribution in [2.45, 2.75) is 143 Å². The molecule has 12 aromatic carbocycles. The van der Waals surface area contributed by atoms with Crippen LogP contribution >= 0.6 is 0 Å². The maximum absolute atomic E-state index is 2.69. The average Bonchev–Trinajstić information content (AvgIpc) is 0.749. The standard InChI is InChI=1S/C86H82N4/c1-53(2)73-51-81(89(75-37-19-25-55-23-11-13-31-63(55)75)61-39-41-67-65-33-15-17-35-77(65)87(79(67)49-61)59-29-21-27-57(47-59)85(5,6)7)71-46-44-70-74(54(3)4)52-82(72-45-43-69(73)83(71)84(70)72)90(76-38-20-26-56-24-12-14-32-64(56)76)62-40-42-68-66-34-16-18-36-78(66)88(80(68)50-62)60-30-22-28-58(48-60)86(8,9)10/h15-22,25-30,33-54H,11-14,23-24,31-32H2,1-10H3. The molecule has 0 fully saturated rings. The number of nitrogens with zero attached hydrogens (tertiary/aromatic N) is 4. The highest BCUT2D eigenvalue weighted by molar-refractivity contribution is 6.30. The van der Waals surface area contributed by atoms with Gasteiger partial charge in [-0.3, -0.25) is 0 Å². The van der Waals surface area contributed by atoms with Gasteiger partial charge in [-0.2, -0.15) is 0 Å². The monoisotopic (exact) mass is 1170 g/mol. The van der Waals surface area contributed by atoms with E-state index in [2.05, 4.69) is 294 Å². The van der Waals surface area contributed by atoms with Crippen molar-refractivity contribution in [1.82, 2.24) is 9.13 Å². The van der Waals surface area contributed by atoms with Crippen LogP contribution in [0.25, 0.3) is 87.3 Å². The molecule has 2 aromatic heterocycles. The molecule has 0 spiro atoms. The lowest BCUT2D eigenvalue weighted by Gasteiger charge is -2.34. The number of hydrogen-bond donors (Lipinski definition) is 0. The topological polar surface area (TPSA) is 16.3 Å². The van der Waals surface area contributed by atoms with Crippen LogP contribution in [-0.2, 0) is 36.5 Å². The quantitative estimate of drug-likeness (QED) is 0.127. The molecular formula is C86H82N4. The molecule has 4 heteroatoms. The van der Waals surface area contributed by atoms with E-state index in [1.807, 2.05) is 0 Å². The van der Waals surface area contributed by atoms with E-state index in [0.29, 0.717) is 0 Å². The first kappa shape index (κ1) is 56.1. The molecule has 0 saturated carbocycles. The first-order valence-corrected chi connectivity index (χ1v) is 33.5. The molecule has 0 bridgehead atoms. The third-order valence-electron chi connectivity index (χ3n) is 20.6. The summed E-state index contributed by atoms with van der Waals surface area (Å²) >= 11 is 0. The Balaban J connectivity index is 0.990. The fraction of sp³-hybridized carbons (Fsp3) is 0.256. The Kier molecular flexibility index (Phi) is 13.3. The molecule has 0 aliphatic heterocycles. The molecule has 90 heavy (non-hydrogen) atoms. The van der Waals surface area contributed by atoms with Gasteiger partial charge in [0.15, 0.2) is 0 Å². The Hall–Kier alpha value is -9.12. The van der Waals surface area contributed by atoms with Gasteiger partial charge in [0.05, 0.1) is 33.4 Å². The highest BCUT2D eigenvalue weighted by Crippen LogP contribution is 2.54. The van der Waals surface area contributed by atoms with Crippen molar-refractivity contribution in [2.24, 2.45) is 0 Å². The summed E-state index contributed by atoms with van der Waals surface area (Å²) in [6, 6.07) is 80.7. The zero-order chi connectivity index (χ0) is 61.5. The largest absolute Gasteiger partial charge is 0.309 e. The second-order valence-corrected chi connectivity index (χ2v) is 29.0. The van der Waals surface area contributed by atoms with E-state index in [4.69, 9.17) is 0 Å². The van der Waals surface area contributed by atoms with Crippen LogP contribution in [-0.4, -0.2) is 9.13 Å². The molecular weight excluding hydrogens is 1090 g/mol. The first-order chi connectivity index (χ1) is 43.6.